The second kappa shape index (κ2) is 7.10. The maximum absolute atomic E-state index is 11.8. The van der Waals surface area contributed by atoms with Gasteiger partial charge in [0.2, 0.25) is 0 Å². The number of rotatable bonds is 7. The fraction of sp³-hybridized carbons (Fsp3) is 0.929. The highest BCUT2D eigenvalue weighted by molar-refractivity contribution is 5.74. The molecule has 0 aromatic rings. The summed E-state index contributed by atoms with van der Waals surface area (Å²) >= 11 is 0. The summed E-state index contributed by atoms with van der Waals surface area (Å²) < 4.78 is 5.78. The molecule has 0 spiro atoms. The molecule has 1 fully saturated rings. The lowest BCUT2D eigenvalue weighted by Crippen LogP contribution is -2.65. The van der Waals surface area contributed by atoms with Crippen molar-refractivity contribution in [1.29, 1.82) is 0 Å². The number of aliphatic hydroxyl groups is 1. The van der Waals surface area contributed by atoms with Crippen molar-refractivity contribution in [3.63, 3.8) is 0 Å². The van der Waals surface area contributed by atoms with Gasteiger partial charge in [-0.25, -0.2) is 4.79 Å². The Morgan fingerprint density at radius 3 is 2.53 bits per heavy atom. The van der Waals surface area contributed by atoms with Crippen LogP contribution in [0.2, 0.25) is 0 Å². The van der Waals surface area contributed by atoms with E-state index in [9.17, 15) is 4.79 Å². The molecule has 1 rings (SSSR count). The molecule has 0 aromatic heterocycles. The number of urea groups is 1. The van der Waals surface area contributed by atoms with Crippen molar-refractivity contribution in [2.24, 2.45) is 5.41 Å². The molecule has 0 radical (unpaired) electrons. The van der Waals surface area contributed by atoms with Gasteiger partial charge in [0.05, 0.1) is 18.8 Å². The SMILES string of the molecule is CCOC1CC(NC(=O)NC(C)CO)C1(CC)CC. The highest BCUT2D eigenvalue weighted by Gasteiger charge is 2.53. The van der Waals surface area contributed by atoms with Crippen LogP contribution in [0.3, 0.4) is 0 Å². The van der Waals surface area contributed by atoms with E-state index in [4.69, 9.17) is 9.84 Å². The molecule has 0 saturated heterocycles. The molecule has 5 heteroatoms. The third kappa shape index (κ3) is 3.39. The predicted octanol–water partition coefficient (Wildman–Crippen LogP) is 1.65. The van der Waals surface area contributed by atoms with Crippen molar-refractivity contribution >= 4 is 6.03 Å². The van der Waals surface area contributed by atoms with Gasteiger partial charge >= 0.3 is 6.03 Å². The van der Waals surface area contributed by atoms with Crippen molar-refractivity contribution in [1.82, 2.24) is 10.6 Å². The molecular formula is C14H28N2O3. The van der Waals surface area contributed by atoms with Gasteiger partial charge in [0, 0.05) is 18.1 Å². The molecule has 2 amide bonds. The fourth-order valence-corrected chi connectivity index (χ4v) is 3.05. The van der Waals surface area contributed by atoms with Crippen molar-refractivity contribution in [3.8, 4) is 0 Å². The lowest BCUT2D eigenvalue weighted by Gasteiger charge is -2.55. The van der Waals surface area contributed by atoms with E-state index in [1.807, 2.05) is 6.92 Å². The molecule has 5 nitrogen and oxygen atoms in total. The largest absolute Gasteiger partial charge is 0.394 e. The van der Waals surface area contributed by atoms with Crippen molar-refractivity contribution in [2.75, 3.05) is 13.2 Å². The van der Waals surface area contributed by atoms with Crippen LogP contribution in [0.15, 0.2) is 0 Å². The number of carbonyl (C=O) groups excluding carboxylic acids is 1. The molecule has 1 aliphatic carbocycles. The number of aliphatic hydroxyl groups excluding tert-OH is 1. The maximum Gasteiger partial charge on any atom is 0.315 e. The zero-order valence-corrected chi connectivity index (χ0v) is 12.5. The Kier molecular flexibility index (Phi) is 6.07. The van der Waals surface area contributed by atoms with Crippen molar-refractivity contribution in [3.05, 3.63) is 0 Å². The van der Waals surface area contributed by atoms with Gasteiger partial charge in [0.1, 0.15) is 0 Å². The molecule has 0 aromatic carbocycles. The summed E-state index contributed by atoms with van der Waals surface area (Å²) in [5.41, 5.74) is 0.0514. The van der Waals surface area contributed by atoms with Crippen LogP contribution in [-0.2, 0) is 4.74 Å². The molecule has 19 heavy (non-hydrogen) atoms. The summed E-state index contributed by atoms with van der Waals surface area (Å²) in [4.78, 5) is 11.8. The van der Waals surface area contributed by atoms with E-state index in [1.54, 1.807) is 6.92 Å². The number of nitrogens with one attached hydrogen (secondary N) is 2. The van der Waals surface area contributed by atoms with E-state index in [-0.39, 0.29) is 36.2 Å². The van der Waals surface area contributed by atoms with Gasteiger partial charge in [-0.3, -0.25) is 0 Å². The van der Waals surface area contributed by atoms with E-state index in [1.165, 1.54) is 0 Å². The van der Waals surface area contributed by atoms with Crippen LogP contribution in [0.25, 0.3) is 0 Å². The Labute approximate surface area is 116 Å². The number of hydrogen-bond acceptors (Lipinski definition) is 3. The van der Waals surface area contributed by atoms with Crippen LogP contribution in [0.4, 0.5) is 4.79 Å². The van der Waals surface area contributed by atoms with Crippen molar-refractivity contribution in [2.45, 2.75) is 65.1 Å². The predicted molar refractivity (Wildman–Crippen MR) is 75.0 cm³/mol. The van der Waals surface area contributed by atoms with Crippen LogP contribution in [0, 0.1) is 5.41 Å². The number of ether oxygens (including phenoxy) is 1. The Morgan fingerprint density at radius 1 is 1.42 bits per heavy atom. The third-order valence-electron chi connectivity index (χ3n) is 4.43. The molecule has 3 N–H and O–H groups in total. The molecule has 3 unspecified atom stereocenters. The van der Waals surface area contributed by atoms with E-state index < -0.39 is 0 Å². The van der Waals surface area contributed by atoms with E-state index in [0.29, 0.717) is 6.61 Å². The molecule has 0 heterocycles. The topological polar surface area (TPSA) is 70.6 Å². The van der Waals surface area contributed by atoms with Crippen molar-refractivity contribution < 1.29 is 14.6 Å². The lowest BCUT2D eigenvalue weighted by atomic mass is 9.58. The van der Waals surface area contributed by atoms with E-state index >= 15 is 0 Å². The average molecular weight is 272 g/mol. The molecule has 3 atom stereocenters. The van der Waals surface area contributed by atoms with Crippen LogP contribution in [0.5, 0.6) is 0 Å². The summed E-state index contributed by atoms with van der Waals surface area (Å²) in [7, 11) is 0. The number of carbonyl (C=O) groups is 1. The van der Waals surface area contributed by atoms with Crippen LogP contribution in [-0.4, -0.2) is 42.5 Å². The maximum atomic E-state index is 11.8. The molecule has 1 aliphatic rings. The summed E-state index contributed by atoms with van der Waals surface area (Å²) in [6, 6.07) is -0.266. The van der Waals surface area contributed by atoms with Gasteiger partial charge in [-0.05, 0) is 33.1 Å². The van der Waals surface area contributed by atoms with Crippen LogP contribution >= 0.6 is 0 Å². The lowest BCUT2D eigenvalue weighted by molar-refractivity contribution is -0.134. The molecule has 0 bridgehead atoms. The average Bonchev–Trinajstić information content (AvgIpc) is 2.39. The molecule has 1 saturated carbocycles. The third-order valence-corrected chi connectivity index (χ3v) is 4.43. The second-order valence-electron chi connectivity index (χ2n) is 5.37. The smallest absolute Gasteiger partial charge is 0.315 e. The summed E-state index contributed by atoms with van der Waals surface area (Å²) in [6.45, 7) is 8.75. The standard InChI is InChI=1S/C14H28N2O3/c1-5-14(6-2)11(8-12(14)19-7-3)16-13(18)15-10(4)9-17/h10-12,17H,5-9H2,1-4H3,(H2,15,16,18). The first kappa shape index (κ1) is 16.2. The summed E-state index contributed by atoms with van der Waals surface area (Å²) in [5, 5.41) is 14.7. The Bertz CT molecular complexity index is 292. The minimum absolute atomic E-state index is 0.0493. The zero-order valence-electron chi connectivity index (χ0n) is 12.5. The van der Waals surface area contributed by atoms with Gasteiger partial charge in [-0.1, -0.05) is 13.8 Å². The Morgan fingerprint density at radius 2 is 2.05 bits per heavy atom. The monoisotopic (exact) mass is 272 g/mol. The van der Waals surface area contributed by atoms with E-state index in [2.05, 4.69) is 24.5 Å². The minimum Gasteiger partial charge on any atom is -0.394 e. The zero-order chi connectivity index (χ0) is 14.5. The fourth-order valence-electron chi connectivity index (χ4n) is 3.05. The quantitative estimate of drug-likeness (QED) is 0.660. The van der Waals surface area contributed by atoms with Gasteiger partial charge in [0.25, 0.3) is 0 Å². The minimum atomic E-state index is -0.222. The number of amides is 2. The highest BCUT2D eigenvalue weighted by Crippen LogP contribution is 2.48. The normalized spacial score (nSPS) is 26.4. The van der Waals surface area contributed by atoms with Crippen LogP contribution < -0.4 is 10.6 Å². The van der Waals surface area contributed by atoms with Crippen LogP contribution in [0.1, 0.15) is 47.0 Å². The van der Waals surface area contributed by atoms with Gasteiger partial charge in [0.15, 0.2) is 0 Å². The van der Waals surface area contributed by atoms with Gasteiger partial charge < -0.3 is 20.5 Å². The van der Waals surface area contributed by atoms with Gasteiger partial charge in [-0.2, -0.15) is 0 Å². The molecular weight excluding hydrogens is 244 g/mol. The first-order valence-corrected chi connectivity index (χ1v) is 7.33. The van der Waals surface area contributed by atoms with E-state index in [0.717, 1.165) is 19.3 Å². The second-order valence-corrected chi connectivity index (χ2v) is 5.37. The molecule has 112 valence electrons. The summed E-state index contributed by atoms with van der Waals surface area (Å²) in [5.74, 6) is 0. The summed E-state index contributed by atoms with van der Waals surface area (Å²) in [6.07, 6.45) is 3.10. The Balaban J connectivity index is 2.57. The van der Waals surface area contributed by atoms with Gasteiger partial charge in [-0.15, -0.1) is 0 Å². The first-order chi connectivity index (χ1) is 9.03. The number of hydrogen-bond donors (Lipinski definition) is 3. The highest BCUT2D eigenvalue weighted by atomic mass is 16.5. The Hall–Kier alpha value is -0.810. The first-order valence-electron chi connectivity index (χ1n) is 7.33. The molecule has 0 aliphatic heterocycles.